The summed E-state index contributed by atoms with van der Waals surface area (Å²) >= 11 is 6.20. The quantitative estimate of drug-likeness (QED) is 0.889. The molecule has 3 rings (SSSR count). The molecule has 0 saturated carbocycles. The average Bonchev–Trinajstić information content (AvgIpc) is 2.88. The molecule has 20 heavy (non-hydrogen) atoms. The van der Waals surface area contributed by atoms with E-state index in [0.29, 0.717) is 10.8 Å². The highest BCUT2D eigenvalue weighted by Crippen LogP contribution is 2.33. The lowest BCUT2D eigenvalue weighted by Gasteiger charge is -2.11. The zero-order valence-electron chi connectivity index (χ0n) is 11.4. The lowest BCUT2D eigenvalue weighted by Crippen LogP contribution is -1.93. The van der Waals surface area contributed by atoms with Gasteiger partial charge in [-0.15, -0.1) is 0 Å². The molecule has 0 bridgehead atoms. The van der Waals surface area contributed by atoms with Gasteiger partial charge >= 0.3 is 0 Å². The van der Waals surface area contributed by atoms with Gasteiger partial charge in [-0.25, -0.2) is 0 Å². The Morgan fingerprint density at radius 3 is 2.65 bits per heavy atom. The van der Waals surface area contributed by atoms with Crippen LogP contribution in [-0.4, -0.2) is 5.11 Å². The summed E-state index contributed by atoms with van der Waals surface area (Å²) in [7, 11) is 0. The molecule has 0 aromatic heterocycles. The van der Waals surface area contributed by atoms with Crippen LogP contribution in [0.25, 0.3) is 0 Å². The average molecular weight is 289 g/mol. The van der Waals surface area contributed by atoms with Gasteiger partial charge in [-0.05, 0) is 67.1 Å². The maximum Gasteiger partial charge on any atom is 0.146 e. The van der Waals surface area contributed by atoms with Crippen LogP contribution in [0.5, 0.6) is 11.5 Å². The Kier molecular flexibility index (Phi) is 3.68. The molecule has 3 heteroatoms. The standard InChI is InChI=1S/C17H17ClO2/c1-11(19)13-6-8-17(16(18)10-13)20-15-7-5-12-3-2-4-14(12)9-15/h5-11,19H,2-4H2,1H3/t11-/m1/s1. The minimum atomic E-state index is -0.526. The van der Waals surface area contributed by atoms with Crippen LogP contribution >= 0.6 is 11.6 Å². The van der Waals surface area contributed by atoms with Gasteiger partial charge in [0.15, 0.2) is 0 Å². The molecule has 0 unspecified atom stereocenters. The fourth-order valence-corrected chi connectivity index (χ4v) is 2.83. The fraction of sp³-hybridized carbons (Fsp3) is 0.294. The molecule has 2 nitrogen and oxygen atoms in total. The smallest absolute Gasteiger partial charge is 0.146 e. The summed E-state index contributed by atoms with van der Waals surface area (Å²) in [5.74, 6) is 1.44. The minimum Gasteiger partial charge on any atom is -0.456 e. The second-order valence-electron chi connectivity index (χ2n) is 5.25. The second kappa shape index (κ2) is 5.47. The second-order valence-corrected chi connectivity index (χ2v) is 5.66. The van der Waals surface area contributed by atoms with Crippen molar-refractivity contribution < 1.29 is 9.84 Å². The number of aliphatic hydroxyl groups excluding tert-OH is 1. The van der Waals surface area contributed by atoms with Gasteiger partial charge < -0.3 is 9.84 Å². The molecular formula is C17H17ClO2. The third-order valence-corrected chi connectivity index (χ3v) is 4.03. The van der Waals surface area contributed by atoms with Crippen LogP contribution in [0.2, 0.25) is 5.02 Å². The molecule has 0 heterocycles. The summed E-state index contributed by atoms with van der Waals surface area (Å²) in [5, 5.41) is 10.1. The van der Waals surface area contributed by atoms with Gasteiger partial charge in [0.1, 0.15) is 11.5 Å². The van der Waals surface area contributed by atoms with Crippen LogP contribution in [0.3, 0.4) is 0 Å². The first-order valence-electron chi connectivity index (χ1n) is 6.90. The van der Waals surface area contributed by atoms with Crippen molar-refractivity contribution in [1.82, 2.24) is 0 Å². The highest BCUT2D eigenvalue weighted by atomic mass is 35.5. The fourth-order valence-electron chi connectivity index (χ4n) is 2.60. The normalized spacial score (nSPS) is 14.9. The van der Waals surface area contributed by atoms with Gasteiger partial charge in [-0.1, -0.05) is 23.7 Å². The monoisotopic (exact) mass is 288 g/mol. The number of aliphatic hydroxyl groups is 1. The summed E-state index contributed by atoms with van der Waals surface area (Å²) in [6, 6.07) is 11.6. The van der Waals surface area contributed by atoms with Crippen LogP contribution in [0.4, 0.5) is 0 Å². The third-order valence-electron chi connectivity index (χ3n) is 3.74. The summed E-state index contributed by atoms with van der Waals surface area (Å²) in [4.78, 5) is 0. The van der Waals surface area contributed by atoms with Crippen LogP contribution in [0.15, 0.2) is 36.4 Å². The third kappa shape index (κ3) is 2.67. The van der Waals surface area contributed by atoms with Gasteiger partial charge in [-0.2, -0.15) is 0 Å². The van der Waals surface area contributed by atoms with E-state index in [1.165, 1.54) is 24.0 Å². The van der Waals surface area contributed by atoms with Gasteiger partial charge in [0.05, 0.1) is 11.1 Å². The van der Waals surface area contributed by atoms with Crippen molar-refractivity contribution in [2.24, 2.45) is 0 Å². The van der Waals surface area contributed by atoms with E-state index in [1.54, 1.807) is 19.1 Å². The first-order chi connectivity index (χ1) is 9.63. The molecule has 1 N–H and O–H groups in total. The number of hydrogen-bond acceptors (Lipinski definition) is 2. The van der Waals surface area contributed by atoms with E-state index in [2.05, 4.69) is 12.1 Å². The maximum absolute atomic E-state index is 9.54. The minimum absolute atomic E-state index is 0.517. The van der Waals surface area contributed by atoms with E-state index in [1.807, 2.05) is 12.1 Å². The Morgan fingerprint density at radius 1 is 1.10 bits per heavy atom. The van der Waals surface area contributed by atoms with Crippen molar-refractivity contribution >= 4 is 11.6 Å². The van der Waals surface area contributed by atoms with E-state index >= 15 is 0 Å². The SMILES string of the molecule is C[C@@H](O)c1ccc(Oc2ccc3c(c2)CCC3)c(Cl)c1. The van der Waals surface area contributed by atoms with Gasteiger partial charge in [0, 0.05) is 0 Å². The van der Waals surface area contributed by atoms with Crippen LogP contribution in [-0.2, 0) is 12.8 Å². The van der Waals surface area contributed by atoms with E-state index < -0.39 is 6.10 Å². The van der Waals surface area contributed by atoms with E-state index in [-0.39, 0.29) is 0 Å². The lowest BCUT2D eigenvalue weighted by molar-refractivity contribution is 0.199. The molecule has 0 spiro atoms. The molecule has 1 aliphatic carbocycles. The van der Waals surface area contributed by atoms with Crippen LogP contribution in [0, 0.1) is 0 Å². The molecule has 2 aromatic carbocycles. The first-order valence-corrected chi connectivity index (χ1v) is 7.28. The number of benzene rings is 2. The molecule has 1 atom stereocenters. The molecule has 0 aliphatic heterocycles. The Labute approximate surface area is 124 Å². The van der Waals surface area contributed by atoms with Crippen molar-refractivity contribution in [2.45, 2.75) is 32.3 Å². The zero-order valence-corrected chi connectivity index (χ0v) is 12.2. The molecular weight excluding hydrogens is 272 g/mol. The topological polar surface area (TPSA) is 29.5 Å². The van der Waals surface area contributed by atoms with Gasteiger partial charge in [0.2, 0.25) is 0 Å². The first kappa shape index (κ1) is 13.5. The number of halogens is 1. The Hall–Kier alpha value is -1.51. The number of fused-ring (bicyclic) bond motifs is 1. The number of ether oxygens (including phenoxy) is 1. The molecule has 104 valence electrons. The molecule has 2 aromatic rings. The summed E-state index contributed by atoms with van der Waals surface area (Å²) in [6.07, 6.45) is 2.99. The number of rotatable bonds is 3. The van der Waals surface area contributed by atoms with Crippen LogP contribution in [0.1, 0.15) is 36.1 Å². The zero-order chi connectivity index (χ0) is 14.1. The largest absolute Gasteiger partial charge is 0.456 e. The summed E-state index contributed by atoms with van der Waals surface area (Å²) in [5.41, 5.74) is 3.59. The van der Waals surface area contributed by atoms with Crippen molar-refractivity contribution in [1.29, 1.82) is 0 Å². The van der Waals surface area contributed by atoms with E-state index in [9.17, 15) is 5.11 Å². The van der Waals surface area contributed by atoms with Gasteiger partial charge in [0.25, 0.3) is 0 Å². The van der Waals surface area contributed by atoms with Crippen molar-refractivity contribution in [2.75, 3.05) is 0 Å². The van der Waals surface area contributed by atoms with E-state index in [0.717, 1.165) is 17.7 Å². The van der Waals surface area contributed by atoms with E-state index in [4.69, 9.17) is 16.3 Å². The maximum atomic E-state index is 9.54. The molecule has 0 amide bonds. The van der Waals surface area contributed by atoms with Crippen LogP contribution < -0.4 is 4.74 Å². The summed E-state index contributed by atoms with van der Waals surface area (Å²) in [6.45, 7) is 1.71. The summed E-state index contributed by atoms with van der Waals surface area (Å²) < 4.78 is 5.86. The van der Waals surface area contributed by atoms with Crippen molar-refractivity contribution in [3.05, 3.63) is 58.1 Å². The highest BCUT2D eigenvalue weighted by Gasteiger charge is 2.12. The highest BCUT2D eigenvalue weighted by molar-refractivity contribution is 6.32. The molecule has 1 aliphatic rings. The molecule has 0 fully saturated rings. The number of aryl methyl sites for hydroxylation is 2. The predicted molar refractivity (Wildman–Crippen MR) is 80.6 cm³/mol. The Balaban J connectivity index is 1.84. The molecule has 0 radical (unpaired) electrons. The predicted octanol–water partition coefficient (Wildman–Crippen LogP) is 4.67. The molecule has 0 saturated heterocycles. The van der Waals surface area contributed by atoms with Gasteiger partial charge in [-0.3, -0.25) is 0 Å². The van der Waals surface area contributed by atoms with Crippen molar-refractivity contribution in [3.8, 4) is 11.5 Å². The number of hydrogen-bond donors (Lipinski definition) is 1. The lowest BCUT2D eigenvalue weighted by atomic mass is 10.1. The Bertz CT molecular complexity index is 635. The Morgan fingerprint density at radius 2 is 1.90 bits per heavy atom. The van der Waals surface area contributed by atoms with Crippen molar-refractivity contribution in [3.63, 3.8) is 0 Å².